The zero-order valence-corrected chi connectivity index (χ0v) is 15.4. The van der Waals surface area contributed by atoms with E-state index in [-0.39, 0.29) is 23.9 Å². The summed E-state index contributed by atoms with van der Waals surface area (Å²) in [6.45, 7) is 2.15. The van der Waals surface area contributed by atoms with Gasteiger partial charge in [-0.15, -0.1) is 0 Å². The second kappa shape index (κ2) is 8.19. The highest BCUT2D eigenvalue weighted by Crippen LogP contribution is 2.16. The fourth-order valence-corrected chi connectivity index (χ4v) is 3.16. The molecule has 0 saturated carbocycles. The highest BCUT2D eigenvalue weighted by molar-refractivity contribution is 6.31. The van der Waals surface area contributed by atoms with Crippen LogP contribution in [-0.2, 0) is 17.8 Å². The Kier molecular flexibility index (Phi) is 5.74. The van der Waals surface area contributed by atoms with Gasteiger partial charge >= 0.3 is 0 Å². The van der Waals surface area contributed by atoms with Crippen LogP contribution in [0.15, 0.2) is 65.6 Å². The van der Waals surface area contributed by atoms with E-state index in [9.17, 15) is 9.59 Å². The predicted octanol–water partition coefficient (Wildman–Crippen LogP) is 3.79. The van der Waals surface area contributed by atoms with Crippen molar-refractivity contribution >= 4 is 28.4 Å². The van der Waals surface area contributed by atoms with Gasteiger partial charge in [0.1, 0.15) is 6.54 Å². The lowest BCUT2D eigenvalue weighted by Crippen LogP contribution is -2.35. The maximum atomic E-state index is 12.4. The molecule has 0 spiro atoms. The molecule has 0 bridgehead atoms. The topological polar surface area (TPSA) is 51.1 Å². The van der Waals surface area contributed by atoms with Crippen LogP contribution in [0.3, 0.4) is 0 Å². The average Bonchev–Trinajstić information content (AvgIpc) is 2.63. The number of aryl methyl sites for hydroxylation is 1. The fraction of sp³-hybridized carbons (Fsp3) is 0.238. The van der Waals surface area contributed by atoms with E-state index in [1.165, 1.54) is 11.6 Å². The molecule has 1 heterocycles. The minimum absolute atomic E-state index is 0.0666. The van der Waals surface area contributed by atoms with Crippen LogP contribution in [0.4, 0.5) is 0 Å². The number of pyridine rings is 1. The summed E-state index contributed by atoms with van der Waals surface area (Å²) in [5.41, 5.74) is 1.84. The van der Waals surface area contributed by atoms with Crippen molar-refractivity contribution < 1.29 is 4.79 Å². The number of hydrogen-bond donors (Lipinski definition) is 1. The van der Waals surface area contributed by atoms with Crippen molar-refractivity contribution in [3.63, 3.8) is 0 Å². The number of fused-ring (bicyclic) bond motifs is 1. The van der Waals surface area contributed by atoms with Gasteiger partial charge in [0.15, 0.2) is 5.43 Å². The third-order valence-corrected chi connectivity index (χ3v) is 4.61. The summed E-state index contributed by atoms with van der Waals surface area (Å²) in [5.74, 6) is -0.0875. The van der Waals surface area contributed by atoms with E-state index in [4.69, 9.17) is 11.6 Å². The van der Waals surface area contributed by atoms with Crippen LogP contribution >= 0.6 is 11.6 Å². The number of halogens is 1. The predicted molar refractivity (Wildman–Crippen MR) is 106 cm³/mol. The standard InChI is InChI=1S/C21H21ClN2O2/c1-15(7-8-16-5-3-2-4-6-16)23-21(26)14-24-12-11-20(25)18-10-9-17(22)13-19(18)24/h2-6,9-13,15H,7-8,14H2,1H3,(H,23,26)/t15-/m1/s1. The summed E-state index contributed by atoms with van der Waals surface area (Å²) in [6, 6.07) is 16.8. The first-order chi connectivity index (χ1) is 12.5. The van der Waals surface area contributed by atoms with Gasteiger partial charge in [0, 0.05) is 28.7 Å². The molecule has 2 aromatic carbocycles. The first-order valence-electron chi connectivity index (χ1n) is 8.65. The van der Waals surface area contributed by atoms with E-state index >= 15 is 0 Å². The maximum absolute atomic E-state index is 12.4. The monoisotopic (exact) mass is 368 g/mol. The molecule has 1 amide bonds. The lowest BCUT2D eigenvalue weighted by molar-refractivity contribution is -0.122. The molecule has 1 N–H and O–H groups in total. The molecule has 134 valence electrons. The second-order valence-corrected chi connectivity index (χ2v) is 6.90. The molecular formula is C21H21ClN2O2. The van der Waals surface area contributed by atoms with Gasteiger partial charge in [-0.1, -0.05) is 41.9 Å². The van der Waals surface area contributed by atoms with Crippen molar-refractivity contribution in [1.29, 1.82) is 0 Å². The number of benzene rings is 2. The van der Waals surface area contributed by atoms with Crippen LogP contribution in [0.5, 0.6) is 0 Å². The summed E-state index contributed by atoms with van der Waals surface area (Å²) in [4.78, 5) is 24.4. The van der Waals surface area contributed by atoms with Crippen LogP contribution in [0.1, 0.15) is 18.9 Å². The Labute approximate surface area is 157 Å². The number of hydrogen-bond acceptors (Lipinski definition) is 2. The minimum Gasteiger partial charge on any atom is -0.352 e. The molecule has 3 rings (SSSR count). The van der Waals surface area contributed by atoms with Crippen LogP contribution < -0.4 is 10.7 Å². The fourth-order valence-electron chi connectivity index (χ4n) is 2.99. The van der Waals surface area contributed by atoms with Crippen molar-refractivity contribution in [2.24, 2.45) is 0 Å². The van der Waals surface area contributed by atoms with Gasteiger partial charge in [0.25, 0.3) is 0 Å². The highest BCUT2D eigenvalue weighted by Gasteiger charge is 2.10. The first-order valence-corrected chi connectivity index (χ1v) is 9.03. The smallest absolute Gasteiger partial charge is 0.240 e. The van der Waals surface area contributed by atoms with E-state index in [0.717, 1.165) is 12.8 Å². The molecule has 3 aromatic rings. The summed E-state index contributed by atoms with van der Waals surface area (Å²) in [6.07, 6.45) is 3.42. The number of nitrogens with one attached hydrogen (secondary N) is 1. The quantitative estimate of drug-likeness (QED) is 0.719. The number of carbonyl (C=O) groups excluding carboxylic acids is 1. The zero-order chi connectivity index (χ0) is 18.5. The lowest BCUT2D eigenvalue weighted by atomic mass is 10.1. The van der Waals surface area contributed by atoms with Gasteiger partial charge in [0.05, 0.1) is 5.52 Å². The Morgan fingerprint density at radius 3 is 2.69 bits per heavy atom. The Bertz CT molecular complexity index is 967. The molecule has 26 heavy (non-hydrogen) atoms. The van der Waals surface area contributed by atoms with Crippen molar-refractivity contribution in [2.45, 2.75) is 32.4 Å². The van der Waals surface area contributed by atoms with E-state index < -0.39 is 0 Å². The van der Waals surface area contributed by atoms with Gasteiger partial charge in [-0.2, -0.15) is 0 Å². The van der Waals surface area contributed by atoms with E-state index in [2.05, 4.69) is 17.4 Å². The third kappa shape index (κ3) is 4.52. The van der Waals surface area contributed by atoms with Crippen LogP contribution in [-0.4, -0.2) is 16.5 Å². The first kappa shape index (κ1) is 18.2. The number of amides is 1. The molecule has 4 nitrogen and oxygen atoms in total. The molecule has 1 aromatic heterocycles. The second-order valence-electron chi connectivity index (χ2n) is 6.46. The molecule has 0 radical (unpaired) electrons. The highest BCUT2D eigenvalue weighted by atomic mass is 35.5. The lowest BCUT2D eigenvalue weighted by Gasteiger charge is -2.16. The Morgan fingerprint density at radius 2 is 1.92 bits per heavy atom. The minimum atomic E-state index is -0.0875. The Morgan fingerprint density at radius 1 is 1.15 bits per heavy atom. The third-order valence-electron chi connectivity index (χ3n) is 4.37. The molecule has 0 aliphatic rings. The maximum Gasteiger partial charge on any atom is 0.240 e. The van der Waals surface area contributed by atoms with Gasteiger partial charge in [-0.25, -0.2) is 0 Å². The van der Waals surface area contributed by atoms with Gasteiger partial charge in [-0.05, 0) is 43.5 Å². The van der Waals surface area contributed by atoms with Crippen LogP contribution in [0, 0.1) is 0 Å². The Hall–Kier alpha value is -2.59. The molecule has 5 heteroatoms. The van der Waals surface area contributed by atoms with E-state index in [0.29, 0.717) is 15.9 Å². The van der Waals surface area contributed by atoms with Gasteiger partial charge in [-0.3, -0.25) is 9.59 Å². The van der Waals surface area contributed by atoms with Crippen LogP contribution in [0.2, 0.25) is 5.02 Å². The molecule has 0 saturated heterocycles. The van der Waals surface area contributed by atoms with Crippen molar-refractivity contribution in [3.8, 4) is 0 Å². The number of nitrogens with zero attached hydrogens (tertiary/aromatic N) is 1. The van der Waals surface area contributed by atoms with Crippen LogP contribution in [0.25, 0.3) is 10.9 Å². The summed E-state index contributed by atoms with van der Waals surface area (Å²) >= 11 is 6.05. The molecule has 0 aliphatic carbocycles. The molecule has 1 atom stereocenters. The number of aromatic nitrogens is 1. The molecular weight excluding hydrogens is 348 g/mol. The number of rotatable bonds is 6. The molecule has 0 aliphatic heterocycles. The van der Waals surface area contributed by atoms with E-state index in [1.54, 1.807) is 29.0 Å². The largest absolute Gasteiger partial charge is 0.352 e. The SMILES string of the molecule is C[C@H](CCc1ccccc1)NC(=O)Cn1ccc(=O)c2ccc(Cl)cc21. The average molecular weight is 369 g/mol. The van der Waals surface area contributed by atoms with Gasteiger partial charge < -0.3 is 9.88 Å². The summed E-state index contributed by atoms with van der Waals surface area (Å²) < 4.78 is 1.75. The van der Waals surface area contributed by atoms with E-state index in [1.807, 2.05) is 25.1 Å². The number of carbonyl (C=O) groups is 1. The van der Waals surface area contributed by atoms with Crippen molar-refractivity contribution in [3.05, 3.63) is 81.6 Å². The summed E-state index contributed by atoms with van der Waals surface area (Å²) in [7, 11) is 0. The molecule has 0 fully saturated rings. The normalized spacial score (nSPS) is 12.1. The summed E-state index contributed by atoms with van der Waals surface area (Å²) in [5, 5.41) is 4.11. The van der Waals surface area contributed by atoms with Gasteiger partial charge in [0.2, 0.25) is 5.91 Å². The van der Waals surface area contributed by atoms with Crippen molar-refractivity contribution in [1.82, 2.24) is 9.88 Å². The molecule has 0 unspecified atom stereocenters. The Balaban J connectivity index is 1.65. The van der Waals surface area contributed by atoms with Crippen molar-refractivity contribution in [2.75, 3.05) is 0 Å². The zero-order valence-electron chi connectivity index (χ0n) is 14.6.